The summed E-state index contributed by atoms with van der Waals surface area (Å²) >= 11 is 0. The van der Waals surface area contributed by atoms with Gasteiger partial charge in [0.1, 0.15) is 12.2 Å². The first-order valence-corrected chi connectivity index (χ1v) is 10.2. The fourth-order valence-corrected chi connectivity index (χ4v) is 2.95. The Morgan fingerprint density at radius 3 is 1.55 bits per heavy atom. The molecule has 0 radical (unpaired) electrons. The summed E-state index contributed by atoms with van der Waals surface area (Å²) in [6.45, 7) is 3.70. The topological polar surface area (TPSA) is 78.4 Å². The molecule has 0 spiro atoms. The second-order valence-corrected chi connectivity index (χ2v) is 7.10. The number of ether oxygens (including phenoxy) is 2. The van der Waals surface area contributed by atoms with E-state index in [-0.39, 0.29) is 24.1 Å². The van der Waals surface area contributed by atoms with Gasteiger partial charge in [-0.25, -0.2) is 0 Å². The van der Waals surface area contributed by atoms with Crippen molar-refractivity contribution in [3.8, 4) is 0 Å². The number of carbonyl (C=O) groups excluding carboxylic acids is 2. The van der Waals surface area contributed by atoms with Crippen LogP contribution in [0.1, 0.15) is 82.1 Å². The van der Waals surface area contributed by atoms with Crippen molar-refractivity contribution >= 4 is 11.9 Å². The molecule has 0 N–H and O–H groups in total. The van der Waals surface area contributed by atoms with Crippen molar-refractivity contribution in [3.05, 3.63) is 60.2 Å². The van der Waals surface area contributed by atoms with Crippen molar-refractivity contribution in [3.63, 3.8) is 0 Å². The lowest BCUT2D eigenvalue weighted by atomic mass is 10.1. The molecule has 0 saturated heterocycles. The third-order valence-corrected chi connectivity index (χ3v) is 4.69. The first-order chi connectivity index (χ1) is 14.1. The molecular formula is C23H30N2O4. The number of unbranched alkanes of at least 4 members (excludes halogenated alkanes) is 4. The van der Waals surface area contributed by atoms with Gasteiger partial charge in [0.2, 0.25) is 0 Å². The molecule has 156 valence electrons. The van der Waals surface area contributed by atoms with Crippen LogP contribution >= 0.6 is 0 Å². The highest BCUT2D eigenvalue weighted by molar-refractivity contribution is 5.70. The SMILES string of the molecule is CC(OC(=O)CCCCCCCC(=O)OC(C)c1cccnc1)c1cccnc1. The van der Waals surface area contributed by atoms with Gasteiger partial charge in [0, 0.05) is 48.8 Å². The van der Waals surface area contributed by atoms with E-state index in [0.717, 1.165) is 43.2 Å². The third-order valence-electron chi connectivity index (χ3n) is 4.69. The number of hydrogen-bond donors (Lipinski definition) is 0. The number of nitrogens with zero attached hydrogens (tertiary/aromatic N) is 2. The van der Waals surface area contributed by atoms with E-state index in [0.29, 0.717) is 12.8 Å². The van der Waals surface area contributed by atoms with Gasteiger partial charge >= 0.3 is 11.9 Å². The molecule has 6 nitrogen and oxygen atoms in total. The highest BCUT2D eigenvalue weighted by Gasteiger charge is 2.12. The van der Waals surface area contributed by atoms with Crippen LogP contribution in [0, 0.1) is 0 Å². The fourth-order valence-electron chi connectivity index (χ4n) is 2.95. The van der Waals surface area contributed by atoms with Crippen molar-refractivity contribution in [2.75, 3.05) is 0 Å². The Labute approximate surface area is 172 Å². The zero-order valence-corrected chi connectivity index (χ0v) is 17.3. The van der Waals surface area contributed by atoms with Gasteiger partial charge < -0.3 is 9.47 Å². The molecule has 2 atom stereocenters. The zero-order valence-electron chi connectivity index (χ0n) is 17.3. The number of carbonyl (C=O) groups is 2. The molecule has 29 heavy (non-hydrogen) atoms. The minimum absolute atomic E-state index is 0.186. The molecular weight excluding hydrogens is 368 g/mol. The van der Waals surface area contributed by atoms with Gasteiger partial charge in [-0.05, 0) is 38.8 Å². The summed E-state index contributed by atoms with van der Waals surface area (Å²) in [5.41, 5.74) is 1.79. The van der Waals surface area contributed by atoms with Crippen molar-refractivity contribution in [2.24, 2.45) is 0 Å². The molecule has 0 saturated carbocycles. The quantitative estimate of drug-likeness (QED) is 0.365. The molecule has 0 amide bonds. The summed E-state index contributed by atoms with van der Waals surface area (Å²) in [6.07, 6.45) is 11.5. The van der Waals surface area contributed by atoms with Crippen LogP contribution in [0.3, 0.4) is 0 Å². The molecule has 2 aromatic rings. The maximum atomic E-state index is 11.9. The summed E-state index contributed by atoms with van der Waals surface area (Å²) in [5, 5.41) is 0. The van der Waals surface area contributed by atoms with Crippen LogP contribution in [-0.2, 0) is 19.1 Å². The number of pyridine rings is 2. The molecule has 0 aromatic carbocycles. The van der Waals surface area contributed by atoms with E-state index in [1.165, 1.54) is 0 Å². The van der Waals surface area contributed by atoms with E-state index in [1.54, 1.807) is 24.8 Å². The van der Waals surface area contributed by atoms with Crippen LogP contribution < -0.4 is 0 Å². The Hall–Kier alpha value is -2.76. The number of esters is 2. The Balaban J connectivity index is 1.49. The van der Waals surface area contributed by atoms with E-state index < -0.39 is 0 Å². The Morgan fingerprint density at radius 2 is 1.17 bits per heavy atom. The van der Waals surface area contributed by atoms with E-state index in [1.807, 2.05) is 38.1 Å². The average molecular weight is 399 g/mol. The first-order valence-electron chi connectivity index (χ1n) is 10.2. The lowest BCUT2D eigenvalue weighted by Gasteiger charge is -2.13. The highest BCUT2D eigenvalue weighted by Crippen LogP contribution is 2.18. The lowest BCUT2D eigenvalue weighted by molar-refractivity contribution is -0.149. The summed E-state index contributed by atoms with van der Waals surface area (Å²) in [7, 11) is 0. The highest BCUT2D eigenvalue weighted by atomic mass is 16.5. The maximum absolute atomic E-state index is 11.9. The first kappa shape index (κ1) is 22.5. The van der Waals surface area contributed by atoms with Crippen LogP contribution in [0.5, 0.6) is 0 Å². The van der Waals surface area contributed by atoms with Gasteiger partial charge in [-0.3, -0.25) is 19.6 Å². The van der Waals surface area contributed by atoms with E-state index >= 15 is 0 Å². The molecule has 2 aromatic heterocycles. The normalized spacial score (nSPS) is 12.8. The molecule has 0 fully saturated rings. The van der Waals surface area contributed by atoms with Crippen molar-refractivity contribution in [2.45, 2.75) is 71.0 Å². The fraction of sp³-hybridized carbons (Fsp3) is 0.478. The van der Waals surface area contributed by atoms with Crippen LogP contribution in [-0.4, -0.2) is 21.9 Å². The molecule has 6 heteroatoms. The van der Waals surface area contributed by atoms with E-state index in [2.05, 4.69) is 9.97 Å². The van der Waals surface area contributed by atoms with Crippen LogP contribution in [0.15, 0.2) is 49.1 Å². The second kappa shape index (κ2) is 12.6. The maximum Gasteiger partial charge on any atom is 0.306 e. The number of rotatable bonds is 12. The van der Waals surface area contributed by atoms with Gasteiger partial charge in [-0.15, -0.1) is 0 Å². The minimum Gasteiger partial charge on any atom is -0.458 e. The van der Waals surface area contributed by atoms with Gasteiger partial charge in [-0.1, -0.05) is 31.4 Å². The molecule has 0 aliphatic heterocycles. The number of hydrogen-bond acceptors (Lipinski definition) is 6. The molecule has 2 unspecified atom stereocenters. The predicted molar refractivity (Wildman–Crippen MR) is 110 cm³/mol. The van der Waals surface area contributed by atoms with Gasteiger partial charge in [0.05, 0.1) is 0 Å². The van der Waals surface area contributed by atoms with Crippen molar-refractivity contribution in [1.29, 1.82) is 0 Å². The summed E-state index contributed by atoms with van der Waals surface area (Å²) in [6, 6.07) is 7.45. The summed E-state index contributed by atoms with van der Waals surface area (Å²) in [5.74, 6) is -0.372. The number of aromatic nitrogens is 2. The lowest BCUT2D eigenvalue weighted by Crippen LogP contribution is -2.09. The standard InChI is InChI=1S/C23H30N2O4/c1-18(20-10-8-14-24-16-20)28-22(26)12-6-4-3-5-7-13-23(27)29-19(2)21-11-9-15-25-17-21/h8-11,14-19H,3-7,12-13H2,1-2H3. The van der Waals surface area contributed by atoms with E-state index in [9.17, 15) is 9.59 Å². The van der Waals surface area contributed by atoms with Gasteiger partial charge in [-0.2, -0.15) is 0 Å². The molecule has 0 bridgehead atoms. The predicted octanol–water partition coefficient (Wildman–Crippen LogP) is 5.12. The molecule has 2 rings (SSSR count). The molecule has 0 aliphatic rings. The largest absolute Gasteiger partial charge is 0.458 e. The zero-order chi connectivity index (χ0) is 20.9. The second-order valence-electron chi connectivity index (χ2n) is 7.10. The van der Waals surface area contributed by atoms with Crippen LogP contribution in [0.25, 0.3) is 0 Å². The third kappa shape index (κ3) is 8.85. The van der Waals surface area contributed by atoms with Crippen molar-refractivity contribution in [1.82, 2.24) is 9.97 Å². The Morgan fingerprint density at radius 1 is 0.759 bits per heavy atom. The van der Waals surface area contributed by atoms with Gasteiger partial charge in [0.25, 0.3) is 0 Å². The average Bonchev–Trinajstić information content (AvgIpc) is 2.74. The van der Waals surface area contributed by atoms with Gasteiger partial charge in [0.15, 0.2) is 0 Å². The molecule has 2 heterocycles. The van der Waals surface area contributed by atoms with Crippen LogP contribution in [0.2, 0.25) is 0 Å². The van der Waals surface area contributed by atoms with E-state index in [4.69, 9.17) is 9.47 Å². The minimum atomic E-state index is -0.281. The Kier molecular flexibility index (Phi) is 9.83. The smallest absolute Gasteiger partial charge is 0.306 e. The monoisotopic (exact) mass is 398 g/mol. The Bertz CT molecular complexity index is 674. The summed E-state index contributed by atoms with van der Waals surface area (Å²) in [4.78, 5) is 31.9. The van der Waals surface area contributed by atoms with Crippen molar-refractivity contribution < 1.29 is 19.1 Å². The summed E-state index contributed by atoms with van der Waals surface area (Å²) < 4.78 is 10.8. The van der Waals surface area contributed by atoms with Crippen LogP contribution in [0.4, 0.5) is 0 Å². The molecule has 0 aliphatic carbocycles.